The summed E-state index contributed by atoms with van der Waals surface area (Å²) in [7, 11) is 0. The second-order valence-corrected chi connectivity index (χ2v) is 4.39. The van der Waals surface area contributed by atoms with Crippen molar-refractivity contribution >= 4 is 5.69 Å². The fraction of sp³-hybridized carbons (Fsp3) is 0.200. The van der Waals surface area contributed by atoms with Gasteiger partial charge in [-0.15, -0.1) is 0 Å². The molecule has 0 aromatic heterocycles. The second-order valence-electron chi connectivity index (χ2n) is 4.39. The molecule has 0 bridgehead atoms. The molecule has 0 spiro atoms. The van der Waals surface area contributed by atoms with E-state index in [0.29, 0.717) is 0 Å². The summed E-state index contributed by atoms with van der Waals surface area (Å²) < 4.78 is 27.0. The van der Waals surface area contributed by atoms with Crippen LogP contribution in [0, 0.1) is 18.6 Å². The highest BCUT2D eigenvalue weighted by atomic mass is 19.2. The van der Waals surface area contributed by atoms with Crippen molar-refractivity contribution in [2.75, 3.05) is 11.9 Å². The Bertz CT molecular complexity index is 570. The van der Waals surface area contributed by atoms with Crippen molar-refractivity contribution in [1.29, 1.82) is 0 Å². The smallest absolute Gasteiger partial charge is 0.164 e. The summed E-state index contributed by atoms with van der Waals surface area (Å²) in [5, 5.41) is 3.15. The van der Waals surface area contributed by atoms with Gasteiger partial charge in [-0.3, -0.25) is 0 Å². The molecule has 1 atom stereocenters. The largest absolute Gasteiger partial charge is 0.377 e. The first-order valence-electron chi connectivity index (χ1n) is 6.09. The molecule has 0 aliphatic carbocycles. The SMILES string of the molecule is Cc1ccccc1NC(CN)c1cccc(F)c1F. The lowest BCUT2D eigenvalue weighted by molar-refractivity contribution is 0.492. The molecule has 100 valence electrons. The first-order chi connectivity index (χ1) is 9.13. The van der Waals surface area contributed by atoms with E-state index in [2.05, 4.69) is 5.32 Å². The van der Waals surface area contributed by atoms with Gasteiger partial charge in [0.2, 0.25) is 0 Å². The molecule has 19 heavy (non-hydrogen) atoms. The van der Waals surface area contributed by atoms with E-state index < -0.39 is 17.7 Å². The number of hydrogen-bond donors (Lipinski definition) is 2. The number of anilines is 1. The Morgan fingerprint density at radius 2 is 1.84 bits per heavy atom. The third kappa shape index (κ3) is 2.90. The fourth-order valence-corrected chi connectivity index (χ4v) is 1.98. The van der Waals surface area contributed by atoms with E-state index in [4.69, 9.17) is 5.73 Å². The van der Waals surface area contributed by atoms with Crippen LogP contribution in [0.3, 0.4) is 0 Å². The van der Waals surface area contributed by atoms with Crippen molar-refractivity contribution in [2.45, 2.75) is 13.0 Å². The number of hydrogen-bond acceptors (Lipinski definition) is 2. The number of nitrogens with two attached hydrogens (primary N) is 1. The molecule has 1 unspecified atom stereocenters. The van der Waals surface area contributed by atoms with Gasteiger partial charge in [-0.05, 0) is 24.6 Å². The average molecular weight is 262 g/mol. The molecule has 0 aliphatic rings. The molecule has 3 N–H and O–H groups in total. The Morgan fingerprint density at radius 3 is 2.53 bits per heavy atom. The summed E-state index contributed by atoms with van der Waals surface area (Å²) >= 11 is 0. The summed E-state index contributed by atoms with van der Waals surface area (Å²) in [5.74, 6) is -1.71. The number of para-hydroxylation sites is 1. The molecule has 0 saturated heterocycles. The summed E-state index contributed by atoms with van der Waals surface area (Å²) in [5.41, 5.74) is 7.80. The third-order valence-electron chi connectivity index (χ3n) is 3.07. The van der Waals surface area contributed by atoms with Crippen LogP contribution in [0.1, 0.15) is 17.2 Å². The summed E-state index contributed by atoms with van der Waals surface area (Å²) in [6.07, 6.45) is 0. The van der Waals surface area contributed by atoms with Gasteiger partial charge in [-0.25, -0.2) is 8.78 Å². The third-order valence-corrected chi connectivity index (χ3v) is 3.07. The zero-order valence-corrected chi connectivity index (χ0v) is 10.7. The topological polar surface area (TPSA) is 38.0 Å². The zero-order chi connectivity index (χ0) is 13.8. The number of aryl methyl sites for hydroxylation is 1. The van der Waals surface area contributed by atoms with Gasteiger partial charge in [0.05, 0.1) is 6.04 Å². The highest BCUT2D eigenvalue weighted by Crippen LogP contribution is 2.24. The molecule has 0 aliphatic heterocycles. The van der Waals surface area contributed by atoms with Gasteiger partial charge in [-0.2, -0.15) is 0 Å². The lowest BCUT2D eigenvalue weighted by atomic mass is 10.0. The monoisotopic (exact) mass is 262 g/mol. The van der Waals surface area contributed by atoms with Crippen LogP contribution in [0.15, 0.2) is 42.5 Å². The van der Waals surface area contributed by atoms with Crippen LogP contribution < -0.4 is 11.1 Å². The number of halogens is 2. The molecule has 2 aromatic rings. The van der Waals surface area contributed by atoms with Crippen molar-refractivity contribution in [3.05, 3.63) is 65.2 Å². The van der Waals surface area contributed by atoms with E-state index >= 15 is 0 Å². The minimum Gasteiger partial charge on any atom is -0.377 e. The van der Waals surface area contributed by atoms with Crippen LogP contribution in [0.25, 0.3) is 0 Å². The molecule has 2 aromatic carbocycles. The van der Waals surface area contributed by atoms with Crippen molar-refractivity contribution in [1.82, 2.24) is 0 Å². The summed E-state index contributed by atoms with van der Waals surface area (Å²) in [6.45, 7) is 2.12. The quantitative estimate of drug-likeness (QED) is 0.886. The first-order valence-corrected chi connectivity index (χ1v) is 6.09. The second kappa shape index (κ2) is 5.80. The maximum Gasteiger partial charge on any atom is 0.164 e. The Kier molecular flexibility index (Phi) is 4.12. The first kappa shape index (κ1) is 13.5. The van der Waals surface area contributed by atoms with Crippen LogP contribution in [-0.4, -0.2) is 6.54 Å². The van der Waals surface area contributed by atoms with Crippen LogP contribution >= 0.6 is 0 Å². The summed E-state index contributed by atoms with van der Waals surface area (Å²) in [6, 6.07) is 11.3. The highest BCUT2D eigenvalue weighted by Gasteiger charge is 2.17. The van der Waals surface area contributed by atoms with Crippen LogP contribution in [-0.2, 0) is 0 Å². The van der Waals surface area contributed by atoms with Crippen molar-refractivity contribution < 1.29 is 8.78 Å². The molecule has 0 heterocycles. The fourth-order valence-electron chi connectivity index (χ4n) is 1.98. The lowest BCUT2D eigenvalue weighted by Crippen LogP contribution is -2.22. The van der Waals surface area contributed by atoms with Crippen LogP contribution in [0.2, 0.25) is 0 Å². The van der Waals surface area contributed by atoms with Crippen molar-refractivity contribution in [3.8, 4) is 0 Å². The van der Waals surface area contributed by atoms with Crippen LogP contribution in [0.5, 0.6) is 0 Å². The van der Waals surface area contributed by atoms with E-state index in [1.807, 2.05) is 31.2 Å². The number of rotatable bonds is 4. The van der Waals surface area contributed by atoms with Gasteiger partial charge in [0.15, 0.2) is 11.6 Å². The van der Waals surface area contributed by atoms with Gasteiger partial charge < -0.3 is 11.1 Å². The Hall–Kier alpha value is -1.94. The normalized spacial score (nSPS) is 12.2. The molecular weight excluding hydrogens is 246 g/mol. The zero-order valence-electron chi connectivity index (χ0n) is 10.7. The highest BCUT2D eigenvalue weighted by molar-refractivity contribution is 5.52. The molecular formula is C15H16F2N2. The molecule has 0 amide bonds. The van der Waals surface area contributed by atoms with Gasteiger partial charge >= 0.3 is 0 Å². The van der Waals surface area contributed by atoms with Gasteiger partial charge in [0.1, 0.15) is 0 Å². The average Bonchev–Trinajstić information content (AvgIpc) is 2.41. The Labute approximate surface area is 111 Å². The predicted octanol–water partition coefficient (Wildman–Crippen LogP) is 3.39. The maximum atomic E-state index is 13.8. The molecule has 0 fully saturated rings. The van der Waals surface area contributed by atoms with Crippen molar-refractivity contribution in [3.63, 3.8) is 0 Å². The van der Waals surface area contributed by atoms with Gasteiger partial charge in [0.25, 0.3) is 0 Å². The Morgan fingerprint density at radius 1 is 1.11 bits per heavy atom. The van der Waals surface area contributed by atoms with Crippen LogP contribution in [0.4, 0.5) is 14.5 Å². The molecule has 2 nitrogen and oxygen atoms in total. The minimum absolute atomic E-state index is 0.175. The number of nitrogens with one attached hydrogen (secondary N) is 1. The van der Waals surface area contributed by atoms with E-state index in [0.717, 1.165) is 17.3 Å². The van der Waals surface area contributed by atoms with Crippen molar-refractivity contribution in [2.24, 2.45) is 5.73 Å². The molecule has 2 rings (SSSR count). The molecule has 0 saturated carbocycles. The Balaban J connectivity index is 2.31. The van der Waals surface area contributed by atoms with E-state index in [1.165, 1.54) is 6.07 Å². The standard InChI is InChI=1S/C15H16F2N2/c1-10-5-2-3-8-13(10)19-14(9-18)11-6-4-7-12(16)15(11)17/h2-8,14,19H,9,18H2,1H3. The van der Waals surface area contributed by atoms with E-state index in [9.17, 15) is 8.78 Å². The maximum absolute atomic E-state index is 13.8. The van der Waals surface area contributed by atoms with E-state index in [-0.39, 0.29) is 12.1 Å². The minimum atomic E-state index is -0.859. The van der Waals surface area contributed by atoms with Gasteiger partial charge in [-0.1, -0.05) is 30.3 Å². The van der Waals surface area contributed by atoms with Gasteiger partial charge in [0, 0.05) is 17.8 Å². The predicted molar refractivity (Wildman–Crippen MR) is 73.0 cm³/mol. The molecule has 4 heteroatoms. The molecule has 0 radical (unpaired) electrons. The lowest BCUT2D eigenvalue weighted by Gasteiger charge is -2.20. The summed E-state index contributed by atoms with van der Waals surface area (Å²) in [4.78, 5) is 0. The van der Waals surface area contributed by atoms with E-state index in [1.54, 1.807) is 6.07 Å². The number of benzene rings is 2.